The van der Waals surface area contributed by atoms with Gasteiger partial charge in [0.25, 0.3) is 11.9 Å². The Morgan fingerprint density at radius 3 is 2.88 bits per heavy atom. The van der Waals surface area contributed by atoms with Crippen LogP contribution in [-0.4, -0.2) is 47.6 Å². The zero-order chi connectivity index (χ0) is 24.0. The van der Waals surface area contributed by atoms with E-state index in [-0.39, 0.29) is 23.5 Å². The average Bonchev–Trinajstić information content (AvgIpc) is 3.46. The number of carbonyl (C=O) groups is 1. The van der Waals surface area contributed by atoms with Crippen LogP contribution < -0.4 is 14.8 Å². The van der Waals surface area contributed by atoms with Gasteiger partial charge in [-0.2, -0.15) is 0 Å². The number of carbonyl (C=O) groups excluding carboxylic acids is 1. The molecule has 1 amide bonds. The maximum Gasteiger partial charge on any atom is 0.256 e. The molecule has 9 heteroatoms. The SMILES string of the molecule is C=CCOc1c(Cl)cc([C@@H]2[C@@H]3CCCN3[C@]3(C(=O)Nc4ccccc43)[C@@H]2[N+](=O)[O-])cc1OCC. The number of nitrogens with zero attached hydrogens (tertiary/aromatic N) is 2. The highest BCUT2D eigenvalue weighted by molar-refractivity contribution is 6.32. The van der Waals surface area contributed by atoms with Crippen LogP contribution in [0.3, 0.4) is 0 Å². The van der Waals surface area contributed by atoms with E-state index in [1.807, 2.05) is 30.0 Å². The van der Waals surface area contributed by atoms with Gasteiger partial charge >= 0.3 is 0 Å². The van der Waals surface area contributed by atoms with Gasteiger partial charge in [0, 0.05) is 28.8 Å². The molecule has 2 fully saturated rings. The summed E-state index contributed by atoms with van der Waals surface area (Å²) in [7, 11) is 0. The standard InChI is InChI=1S/C25H26ClN3O5/c1-3-12-34-22-17(26)13-15(14-20(22)33-4-2)21-19-10-7-11-28(19)25(23(21)29(31)32)16-8-5-6-9-18(16)27-24(25)30/h3,5-6,8-9,13-14,19,21,23H,1,4,7,10-12H2,2H3,(H,27,30)/t19-,21+,23+,25-/m0/s1. The number of nitrogens with one attached hydrogen (secondary N) is 1. The molecule has 2 aromatic carbocycles. The van der Waals surface area contributed by atoms with Crippen molar-refractivity contribution >= 4 is 23.2 Å². The van der Waals surface area contributed by atoms with Gasteiger partial charge in [0.15, 0.2) is 17.0 Å². The molecule has 4 atom stereocenters. The van der Waals surface area contributed by atoms with Crippen molar-refractivity contribution in [3.63, 3.8) is 0 Å². The molecular formula is C25H26ClN3O5. The van der Waals surface area contributed by atoms with E-state index in [9.17, 15) is 14.9 Å². The Labute approximate surface area is 202 Å². The quantitative estimate of drug-likeness (QED) is 0.357. The first kappa shape index (κ1) is 22.7. The molecule has 1 N–H and O–H groups in total. The van der Waals surface area contributed by atoms with Crippen LogP contribution in [0.25, 0.3) is 0 Å². The van der Waals surface area contributed by atoms with Crippen LogP contribution >= 0.6 is 11.6 Å². The van der Waals surface area contributed by atoms with Crippen molar-refractivity contribution in [1.82, 2.24) is 4.90 Å². The van der Waals surface area contributed by atoms with Gasteiger partial charge in [-0.3, -0.25) is 19.8 Å². The van der Waals surface area contributed by atoms with Crippen LogP contribution in [0.5, 0.6) is 11.5 Å². The largest absolute Gasteiger partial charge is 0.490 e. The van der Waals surface area contributed by atoms with Gasteiger partial charge in [-0.25, -0.2) is 0 Å². The summed E-state index contributed by atoms with van der Waals surface area (Å²) < 4.78 is 11.5. The van der Waals surface area contributed by atoms with Crippen molar-refractivity contribution in [3.05, 3.63) is 75.3 Å². The Morgan fingerprint density at radius 1 is 1.35 bits per heavy atom. The molecule has 0 aromatic heterocycles. The molecule has 34 heavy (non-hydrogen) atoms. The van der Waals surface area contributed by atoms with Crippen molar-refractivity contribution in [2.75, 3.05) is 25.1 Å². The van der Waals surface area contributed by atoms with Crippen LogP contribution in [0, 0.1) is 10.1 Å². The molecule has 2 aromatic rings. The lowest BCUT2D eigenvalue weighted by Crippen LogP contribution is -2.55. The minimum Gasteiger partial charge on any atom is -0.490 e. The first-order valence-corrected chi connectivity index (χ1v) is 11.8. The summed E-state index contributed by atoms with van der Waals surface area (Å²) in [5, 5.41) is 16.0. The molecule has 178 valence electrons. The second-order valence-electron chi connectivity index (χ2n) is 8.79. The number of rotatable bonds is 7. The first-order chi connectivity index (χ1) is 16.4. The third-order valence-electron chi connectivity index (χ3n) is 7.16. The first-order valence-electron chi connectivity index (χ1n) is 11.5. The van der Waals surface area contributed by atoms with Gasteiger partial charge in [0.05, 0.1) is 17.5 Å². The van der Waals surface area contributed by atoms with Crippen LogP contribution in [0.1, 0.15) is 36.8 Å². The third-order valence-corrected chi connectivity index (χ3v) is 7.44. The van der Waals surface area contributed by atoms with Crippen molar-refractivity contribution in [2.45, 2.75) is 43.3 Å². The van der Waals surface area contributed by atoms with E-state index in [1.54, 1.807) is 24.3 Å². The number of ether oxygens (including phenoxy) is 2. The fraction of sp³-hybridized carbons (Fsp3) is 0.400. The smallest absolute Gasteiger partial charge is 0.256 e. The van der Waals surface area contributed by atoms with Crippen molar-refractivity contribution in [1.29, 1.82) is 0 Å². The summed E-state index contributed by atoms with van der Waals surface area (Å²) in [5.74, 6) is -0.0908. The van der Waals surface area contributed by atoms with Gasteiger partial charge in [0.2, 0.25) is 0 Å². The summed E-state index contributed by atoms with van der Waals surface area (Å²) in [4.78, 5) is 28.1. The summed E-state index contributed by atoms with van der Waals surface area (Å²) in [6, 6.07) is 9.40. The monoisotopic (exact) mass is 483 g/mol. The highest BCUT2D eigenvalue weighted by Gasteiger charge is 2.73. The number of fused-ring (bicyclic) bond motifs is 4. The number of anilines is 1. The highest BCUT2D eigenvalue weighted by Crippen LogP contribution is 2.58. The van der Waals surface area contributed by atoms with E-state index < -0.39 is 17.5 Å². The topological polar surface area (TPSA) is 93.9 Å². The van der Waals surface area contributed by atoms with Gasteiger partial charge in [0.1, 0.15) is 6.61 Å². The van der Waals surface area contributed by atoms with Crippen LogP contribution in [0.15, 0.2) is 49.1 Å². The highest BCUT2D eigenvalue weighted by atomic mass is 35.5. The number of hydrogen-bond donors (Lipinski definition) is 1. The normalized spacial score (nSPS) is 27.4. The van der Waals surface area contributed by atoms with Crippen molar-refractivity contribution < 1.29 is 19.2 Å². The zero-order valence-electron chi connectivity index (χ0n) is 18.8. The van der Waals surface area contributed by atoms with E-state index in [4.69, 9.17) is 21.1 Å². The lowest BCUT2D eigenvalue weighted by atomic mass is 9.77. The predicted octanol–water partition coefficient (Wildman–Crippen LogP) is 4.36. The number of amides is 1. The Kier molecular flexibility index (Phi) is 5.73. The number of hydrogen-bond acceptors (Lipinski definition) is 6. The predicted molar refractivity (Wildman–Crippen MR) is 128 cm³/mol. The Morgan fingerprint density at radius 2 is 2.15 bits per heavy atom. The maximum atomic E-state index is 13.6. The second-order valence-corrected chi connectivity index (χ2v) is 9.19. The lowest BCUT2D eigenvalue weighted by molar-refractivity contribution is -0.534. The molecule has 1 spiro atoms. The second kappa shape index (κ2) is 8.60. The summed E-state index contributed by atoms with van der Waals surface area (Å²) in [6.45, 7) is 6.75. The van der Waals surface area contributed by atoms with Gasteiger partial charge in [-0.05, 0) is 43.5 Å². The fourth-order valence-electron chi connectivity index (χ4n) is 6.10. The maximum absolute atomic E-state index is 13.6. The van der Waals surface area contributed by atoms with Gasteiger partial charge in [-0.1, -0.05) is 42.5 Å². The zero-order valence-corrected chi connectivity index (χ0v) is 19.6. The van der Waals surface area contributed by atoms with Gasteiger partial charge in [-0.15, -0.1) is 0 Å². The minimum atomic E-state index is -1.37. The number of para-hydroxylation sites is 1. The molecule has 0 radical (unpaired) electrons. The van der Waals surface area contributed by atoms with E-state index in [1.165, 1.54) is 0 Å². The molecule has 0 saturated carbocycles. The van der Waals surface area contributed by atoms with Crippen LogP contribution in [-0.2, 0) is 10.3 Å². The molecule has 3 aliphatic heterocycles. The Hall–Kier alpha value is -3.10. The Balaban J connectivity index is 1.69. The van der Waals surface area contributed by atoms with Crippen LogP contribution in [0.4, 0.5) is 5.69 Å². The molecule has 2 saturated heterocycles. The van der Waals surface area contributed by atoms with E-state index >= 15 is 0 Å². The van der Waals surface area contributed by atoms with Crippen LogP contribution in [0.2, 0.25) is 5.02 Å². The molecule has 8 nitrogen and oxygen atoms in total. The summed E-state index contributed by atoms with van der Waals surface area (Å²) in [5.41, 5.74) is 0.597. The molecule has 5 rings (SSSR count). The van der Waals surface area contributed by atoms with E-state index in [0.717, 1.165) is 12.8 Å². The molecule has 3 aliphatic rings. The van der Waals surface area contributed by atoms with Crippen molar-refractivity contribution in [3.8, 4) is 11.5 Å². The lowest BCUT2D eigenvalue weighted by Gasteiger charge is -2.32. The minimum absolute atomic E-state index is 0.183. The summed E-state index contributed by atoms with van der Waals surface area (Å²) >= 11 is 6.61. The molecule has 3 heterocycles. The van der Waals surface area contributed by atoms with E-state index in [0.29, 0.717) is 46.5 Å². The molecule has 0 aliphatic carbocycles. The van der Waals surface area contributed by atoms with E-state index in [2.05, 4.69) is 11.9 Å². The third kappa shape index (κ3) is 3.12. The average molecular weight is 484 g/mol. The Bertz CT molecular complexity index is 1170. The van der Waals surface area contributed by atoms with Crippen molar-refractivity contribution in [2.24, 2.45) is 0 Å². The molecular weight excluding hydrogens is 458 g/mol. The number of halogens is 1. The number of benzene rings is 2. The fourth-order valence-corrected chi connectivity index (χ4v) is 6.37. The van der Waals surface area contributed by atoms with Gasteiger partial charge < -0.3 is 14.8 Å². The molecule has 0 bridgehead atoms. The number of nitro groups is 1. The summed E-state index contributed by atoms with van der Waals surface area (Å²) in [6.07, 6.45) is 3.22. The molecule has 0 unspecified atom stereocenters.